The van der Waals surface area contributed by atoms with Crippen molar-refractivity contribution < 1.29 is 13.9 Å². The molecule has 19 heavy (non-hydrogen) atoms. The van der Waals surface area contributed by atoms with Crippen LogP contribution in [0.3, 0.4) is 0 Å². The Morgan fingerprint density at radius 2 is 2.16 bits per heavy atom. The van der Waals surface area contributed by atoms with Gasteiger partial charge in [0.1, 0.15) is 11.6 Å². The maximum atomic E-state index is 13.6. The molecule has 1 aromatic rings. The first-order valence-corrected chi connectivity index (χ1v) is 6.52. The zero-order chi connectivity index (χ0) is 13.8. The van der Waals surface area contributed by atoms with E-state index in [2.05, 4.69) is 5.32 Å². The largest absolute Gasteiger partial charge is 0.497 e. The summed E-state index contributed by atoms with van der Waals surface area (Å²) >= 11 is 0. The van der Waals surface area contributed by atoms with Gasteiger partial charge >= 0.3 is 0 Å². The average Bonchev–Trinajstić information content (AvgIpc) is 2.41. The first-order chi connectivity index (χ1) is 9.11. The number of amides is 1. The average molecular weight is 266 g/mol. The van der Waals surface area contributed by atoms with Gasteiger partial charge in [0.2, 0.25) is 5.91 Å². The summed E-state index contributed by atoms with van der Waals surface area (Å²) in [7, 11) is 1.50. The molecule has 0 saturated heterocycles. The third-order valence-electron chi connectivity index (χ3n) is 3.59. The topological polar surface area (TPSA) is 64.3 Å². The van der Waals surface area contributed by atoms with E-state index in [0.29, 0.717) is 5.75 Å². The van der Waals surface area contributed by atoms with Crippen LogP contribution in [0.25, 0.3) is 0 Å². The van der Waals surface area contributed by atoms with Crippen molar-refractivity contribution in [1.29, 1.82) is 0 Å². The van der Waals surface area contributed by atoms with Gasteiger partial charge in [0, 0.05) is 12.1 Å². The smallest absolute Gasteiger partial charge is 0.229 e. The number of hydrogen-bond acceptors (Lipinski definition) is 3. The molecule has 0 aliphatic heterocycles. The van der Waals surface area contributed by atoms with E-state index >= 15 is 0 Å². The van der Waals surface area contributed by atoms with Gasteiger partial charge in [-0.05, 0) is 25.0 Å². The molecule has 0 heterocycles. The minimum absolute atomic E-state index is 0.137. The number of nitrogens with one attached hydrogen (secondary N) is 1. The highest BCUT2D eigenvalue weighted by Crippen LogP contribution is 2.26. The quantitative estimate of drug-likeness (QED) is 0.882. The fraction of sp³-hybridized carbons (Fsp3) is 0.500. The zero-order valence-electron chi connectivity index (χ0n) is 11.0. The second kappa shape index (κ2) is 6.02. The van der Waals surface area contributed by atoms with E-state index < -0.39 is 5.82 Å². The Labute approximate surface area is 112 Å². The molecule has 2 rings (SSSR count). The second-order valence-corrected chi connectivity index (χ2v) is 4.89. The van der Waals surface area contributed by atoms with Gasteiger partial charge in [-0.15, -0.1) is 0 Å². The number of hydrogen-bond donors (Lipinski definition) is 2. The molecule has 2 unspecified atom stereocenters. The van der Waals surface area contributed by atoms with Gasteiger partial charge in [0.05, 0.1) is 18.7 Å². The third kappa shape index (κ3) is 3.23. The number of benzene rings is 1. The lowest BCUT2D eigenvalue weighted by Crippen LogP contribution is -2.40. The Morgan fingerprint density at radius 1 is 1.42 bits per heavy atom. The molecule has 0 bridgehead atoms. The van der Waals surface area contributed by atoms with Gasteiger partial charge in [0.15, 0.2) is 0 Å². The summed E-state index contributed by atoms with van der Waals surface area (Å²) in [4.78, 5) is 12.1. The number of carbonyl (C=O) groups excluding carboxylic acids is 1. The summed E-state index contributed by atoms with van der Waals surface area (Å²) in [5.41, 5.74) is 6.09. The van der Waals surface area contributed by atoms with Crippen LogP contribution in [0.5, 0.6) is 5.75 Å². The zero-order valence-corrected chi connectivity index (χ0v) is 11.0. The van der Waals surface area contributed by atoms with Crippen LogP contribution in [0.2, 0.25) is 0 Å². The van der Waals surface area contributed by atoms with E-state index in [0.717, 1.165) is 25.7 Å². The molecule has 4 nitrogen and oxygen atoms in total. The second-order valence-electron chi connectivity index (χ2n) is 4.89. The third-order valence-corrected chi connectivity index (χ3v) is 3.59. The maximum absolute atomic E-state index is 13.6. The van der Waals surface area contributed by atoms with E-state index in [1.54, 1.807) is 0 Å². The van der Waals surface area contributed by atoms with Gasteiger partial charge in [-0.2, -0.15) is 0 Å². The number of rotatable bonds is 3. The summed E-state index contributed by atoms with van der Waals surface area (Å²) < 4.78 is 18.6. The van der Waals surface area contributed by atoms with Crippen molar-refractivity contribution in [2.75, 3.05) is 12.4 Å². The highest BCUT2D eigenvalue weighted by molar-refractivity contribution is 5.93. The van der Waals surface area contributed by atoms with Crippen molar-refractivity contribution in [3.05, 3.63) is 24.0 Å². The summed E-state index contributed by atoms with van der Waals surface area (Å²) in [5.74, 6) is -0.415. The van der Waals surface area contributed by atoms with E-state index in [1.165, 1.54) is 25.3 Å². The van der Waals surface area contributed by atoms with Crippen molar-refractivity contribution in [3.63, 3.8) is 0 Å². The van der Waals surface area contributed by atoms with Crippen LogP contribution >= 0.6 is 0 Å². The summed E-state index contributed by atoms with van der Waals surface area (Å²) in [6.07, 6.45) is 3.65. The summed E-state index contributed by atoms with van der Waals surface area (Å²) in [6.45, 7) is 0. The fourth-order valence-corrected chi connectivity index (χ4v) is 2.44. The van der Waals surface area contributed by atoms with Crippen LogP contribution in [-0.2, 0) is 4.79 Å². The molecular formula is C14H19FN2O2. The predicted octanol–water partition coefficient (Wildman–Crippen LogP) is 2.29. The number of ether oxygens (including phenoxy) is 1. The van der Waals surface area contributed by atoms with Gasteiger partial charge in [-0.25, -0.2) is 4.39 Å². The Hall–Kier alpha value is -1.62. The lowest BCUT2D eigenvalue weighted by Gasteiger charge is -2.27. The Kier molecular flexibility index (Phi) is 4.37. The molecule has 1 fully saturated rings. The minimum Gasteiger partial charge on any atom is -0.497 e. The van der Waals surface area contributed by atoms with E-state index in [4.69, 9.17) is 10.5 Å². The van der Waals surface area contributed by atoms with E-state index in [-0.39, 0.29) is 23.6 Å². The van der Waals surface area contributed by atoms with Crippen molar-refractivity contribution in [2.45, 2.75) is 31.7 Å². The molecule has 1 aliphatic carbocycles. The molecule has 0 spiro atoms. The Balaban J connectivity index is 2.09. The number of carbonyl (C=O) groups is 1. The van der Waals surface area contributed by atoms with Crippen LogP contribution in [0.4, 0.5) is 10.1 Å². The van der Waals surface area contributed by atoms with Crippen molar-refractivity contribution in [1.82, 2.24) is 0 Å². The monoisotopic (exact) mass is 266 g/mol. The maximum Gasteiger partial charge on any atom is 0.229 e. The van der Waals surface area contributed by atoms with Gasteiger partial charge in [-0.1, -0.05) is 12.8 Å². The van der Waals surface area contributed by atoms with Crippen molar-refractivity contribution in [2.24, 2.45) is 11.7 Å². The molecule has 0 radical (unpaired) electrons. The van der Waals surface area contributed by atoms with Crippen LogP contribution in [-0.4, -0.2) is 19.1 Å². The van der Waals surface area contributed by atoms with Gasteiger partial charge in [0.25, 0.3) is 0 Å². The number of anilines is 1. The van der Waals surface area contributed by atoms with Crippen molar-refractivity contribution in [3.8, 4) is 5.75 Å². The number of halogens is 1. The first-order valence-electron chi connectivity index (χ1n) is 6.52. The van der Waals surface area contributed by atoms with Crippen molar-refractivity contribution >= 4 is 11.6 Å². The molecule has 1 amide bonds. The molecule has 104 valence electrons. The predicted molar refractivity (Wildman–Crippen MR) is 71.5 cm³/mol. The molecule has 0 aromatic heterocycles. The van der Waals surface area contributed by atoms with Crippen LogP contribution in [0.1, 0.15) is 25.7 Å². The normalized spacial score (nSPS) is 22.9. The molecule has 1 aromatic carbocycles. The van der Waals surface area contributed by atoms with E-state index in [9.17, 15) is 9.18 Å². The van der Waals surface area contributed by atoms with Gasteiger partial charge in [-0.3, -0.25) is 4.79 Å². The highest BCUT2D eigenvalue weighted by Gasteiger charge is 2.28. The first kappa shape index (κ1) is 13.8. The standard InChI is InChI=1S/C14H19FN2O2/c1-19-9-6-7-11(15)13(8-9)17-14(18)10-4-2-3-5-12(10)16/h6-8,10,12H,2-5,16H2,1H3,(H,17,18). The summed E-state index contributed by atoms with van der Waals surface area (Å²) in [6, 6.07) is 4.12. The van der Waals surface area contributed by atoms with Crippen LogP contribution < -0.4 is 15.8 Å². The molecule has 2 atom stereocenters. The Bertz CT molecular complexity index is 465. The van der Waals surface area contributed by atoms with Crippen LogP contribution in [0.15, 0.2) is 18.2 Å². The molecular weight excluding hydrogens is 247 g/mol. The Morgan fingerprint density at radius 3 is 2.84 bits per heavy atom. The SMILES string of the molecule is COc1ccc(F)c(NC(=O)C2CCCCC2N)c1. The molecule has 1 saturated carbocycles. The lowest BCUT2D eigenvalue weighted by atomic mass is 9.84. The highest BCUT2D eigenvalue weighted by atomic mass is 19.1. The molecule has 5 heteroatoms. The molecule has 3 N–H and O–H groups in total. The van der Waals surface area contributed by atoms with E-state index in [1.807, 2.05) is 0 Å². The van der Waals surface area contributed by atoms with Crippen LogP contribution in [0, 0.1) is 11.7 Å². The summed E-state index contributed by atoms with van der Waals surface area (Å²) in [5, 5.41) is 2.61. The minimum atomic E-state index is -0.474. The number of nitrogens with two attached hydrogens (primary N) is 1. The van der Waals surface area contributed by atoms with Gasteiger partial charge < -0.3 is 15.8 Å². The fourth-order valence-electron chi connectivity index (χ4n) is 2.44. The molecule has 1 aliphatic rings. The number of methoxy groups -OCH3 is 1. The lowest BCUT2D eigenvalue weighted by molar-refractivity contribution is -0.121.